The Balaban J connectivity index is 1.71. The van der Waals surface area contributed by atoms with Crippen molar-refractivity contribution in [3.05, 3.63) is 58.5 Å². The monoisotopic (exact) mass is 361 g/mol. The van der Waals surface area contributed by atoms with E-state index in [1.807, 2.05) is 41.8 Å². The molecule has 1 aliphatic heterocycles. The summed E-state index contributed by atoms with van der Waals surface area (Å²) < 4.78 is 11.5. The Bertz CT molecular complexity index is 990. The molecule has 0 unspecified atom stereocenters. The van der Waals surface area contributed by atoms with Crippen molar-refractivity contribution in [3.8, 4) is 29.0 Å². The molecule has 1 aliphatic rings. The van der Waals surface area contributed by atoms with Gasteiger partial charge in [0.2, 0.25) is 0 Å². The number of nitriles is 1. The Morgan fingerprint density at radius 1 is 1.12 bits per heavy atom. The van der Waals surface area contributed by atoms with E-state index in [1.165, 1.54) is 11.3 Å². The van der Waals surface area contributed by atoms with Crippen molar-refractivity contribution in [2.45, 2.75) is 6.42 Å². The van der Waals surface area contributed by atoms with E-state index in [0.717, 1.165) is 23.4 Å². The van der Waals surface area contributed by atoms with Gasteiger partial charge in [-0.25, -0.2) is 4.98 Å². The summed E-state index contributed by atoms with van der Waals surface area (Å²) in [5.74, 6) is 1.39. The highest BCUT2D eigenvalue weighted by atomic mass is 32.1. The number of ether oxygens (including phenoxy) is 2. The fourth-order valence-electron chi connectivity index (χ4n) is 2.66. The molecule has 0 fully saturated rings. The summed E-state index contributed by atoms with van der Waals surface area (Å²) in [6.45, 7) is 1.23. The molecule has 128 valence electrons. The van der Waals surface area contributed by atoms with Crippen LogP contribution in [-0.4, -0.2) is 23.2 Å². The molecule has 0 N–H and O–H groups in total. The lowest BCUT2D eigenvalue weighted by Crippen LogP contribution is -1.98. The van der Waals surface area contributed by atoms with Crippen LogP contribution in [0.1, 0.15) is 17.0 Å². The Hall–Kier alpha value is -3.17. The van der Waals surface area contributed by atoms with Gasteiger partial charge in [-0.3, -0.25) is 4.98 Å². The second-order valence-electron chi connectivity index (χ2n) is 5.65. The minimum atomic E-state index is 0.485. The van der Waals surface area contributed by atoms with Gasteiger partial charge in [-0.1, -0.05) is 18.2 Å². The van der Waals surface area contributed by atoms with Crippen molar-refractivity contribution < 1.29 is 9.47 Å². The van der Waals surface area contributed by atoms with Crippen LogP contribution in [0, 0.1) is 11.3 Å². The molecular formula is C20H15N3O2S. The summed E-state index contributed by atoms with van der Waals surface area (Å²) in [6, 6.07) is 13.6. The first kappa shape index (κ1) is 16.3. The highest BCUT2D eigenvalue weighted by Crippen LogP contribution is 2.36. The van der Waals surface area contributed by atoms with Crippen LogP contribution < -0.4 is 9.47 Å². The third kappa shape index (κ3) is 3.30. The van der Waals surface area contributed by atoms with E-state index in [-0.39, 0.29) is 0 Å². The number of thiazole rings is 1. The number of rotatable bonds is 3. The Morgan fingerprint density at radius 3 is 2.88 bits per heavy atom. The van der Waals surface area contributed by atoms with Gasteiger partial charge in [0.1, 0.15) is 16.8 Å². The highest BCUT2D eigenvalue weighted by Gasteiger charge is 2.15. The van der Waals surface area contributed by atoms with Crippen molar-refractivity contribution in [2.24, 2.45) is 0 Å². The molecule has 0 atom stereocenters. The fraction of sp³-hybridized carbons (Fsp3) is 0.150. The van der Waals surface area contributed by atoms with Gasteiger partial charge in [-0.2, -0.15) is 5.26 Å². The van der Waals surface area contributed by atoms with Gasteiger partial charge in [0.05, 0.1) is 24.5 Å². The summed E-state index contributed by atoms with van der Waals surface area (Å²) in [6.07, 6.45) is 4.36. The molecule has 0 aliphatic carbocycles. The standard InChI is InChI=1S/C20H15N3O2S/c21-12-15(20-23-17(13-26-20)16-6-1-2-8-22-16)11-14-5-3-7-18-19(14)25-10-4-9-24-18/h1-3,5-8,11,13H,4,9-10H2. The lowest BCUT2D eigenvalue weighted by Gasteiger charge is -2.10. The largest absolute Gasteiger partial charge is 0.490 e. The van der Waals surface area contributed by atoms with Gasteiger partial charge in [0, 0.05) is 23.6 Å². The number of para-hydroxylation sites is 1. The van der Waals surface area contributed by atoms with E-state index >= 15 is 0 Å². The molecule has 6 heteroatoms. The van der Waals surface area contributed by atoms with Gasteiger partial charge in [-0.15, -0.1) is 11.3 Å². The SMILES string of the molecule is N#CC(=Cc1cccc2c1OCCCO2)c1nc(-c2ccccn2)cs1. The molecule has 0 saturated heterocycles. The van der Waals surface area contributed by atoms with Crippen molar-refractivity contribution in [3.63, 3.8) is 0 Å². The first-order valence-corrected chi connectivity index (χ1v) is 9.11. The molecule has 4 rings (SSSR count). The zero-order chi connectivity index (χ0) is 17.8. The van der Waals surface area contributed by atoms with Crippen LogP contribution in [0.25, 0.3) is 23.0 Å². The van der Waals surface area contributed by atoms with Crippen LogP contribution in [0.15, 0.2) is 48.0 Å². The predicted octanol–water partition coefficient (Wildman–Crippen LogP) is 4.43. The summed E-state index contributed by atoms with van der Waals surface area (Å²) in [5, 5.41) is 12.2. The van der Waals surface area contributed by atoms with Crippen molar-refractivity contribution in [2.75, 3.05) is 13.2 Å². The average molecular weight is 361 g/mol. The van der Waals surface area contributed by atoms with Crippen molar-refractivity contribution in [1.82, 2.24) is 9.97 Å². The number of hydrogen-bond acceptors (Lipinski definition) is 6. The Morgan fingerprint density at radius 2 is 2.04 bits per heavy atom. The lowest BCUT2D eigenvalue weighted by atomic mass is 10.1. The van der Waals surface area contributed by atoms with E-state index < -0.39 is 0 Å². The number of fused-ring (bicyclic) bond motifs is 1. The molecule has 0 bridgehead atoms. The minimum absolute atomic E-state index is 0.485. The first-order valence-electron chi connectivity index (χ1n) is 8.23. The zero-order valence-electron chi connectivity index (χ0n) is 13.9. The van der Waals surface area contributed by atoms with Crippen LogP contribution in [-0.2, 0) is 0 Å². The minimum Gasteiger partial charge on any atom is -0.490 e. The average Bonchev–Trinajstić information content (AvgIpc) is 3.05. The lowest BCUT2D eigenvalue weighted by molar-refractivity contribution is 0.296. The van der Waals surface area contributed by atoms with Gasteiger partial charge >= 0.3 is 0 Å². The van der Waals surface area contributed by atoms with Crippen molar-refractivity contribution >= 4 is 23.0 Å². The maximum atomic E-state index is 9.64. The smallest absolute Gasteiger partial charge is 0.168 e. The third-order valence-corrected chi connectivity index (χ3v) is 4.76. The predicted molar refractivity (Wildman–Crippen MR) is 101 cm³/mol. The molecule has 0 amide bonds. The number of hydrogen-bond donors (Lipinski definition) is 0. The number of aromatic nitrogens is 2. The zero-order valence-corrected chi connectivity index (χ0v) is 14.7. The summed E-state index contributed by atoms with van der Waals surface area (Å²) >= 11 is 1.42. The van der Waals surface area contributed by atoms with E-state index in [1.54, 1.807) is 12.3 Å². The summed E-state index contributed by atoms with van der Waals surface area (Å²) in [7, 11) is 0. The van der Waals surface area contributed by atoms with Crippen LogP contribution in [0.4, 0.5) is 0 Å². The molecule has 1 aromatic carbocycles. The normalized spacial score (nSPS) is 13.7. The molecular weight excluding hydrogens is 346 g/mol. The Labute approximate surface area is 155 Å². The molecule has 3 heterocycles. The summed E-state index contributed by atoms with van der Waals surface area (Å²) in [4.78, 5) is 8.88. The van der Waals surface area contributed by atoms with Crippen LogP contribution in [0.2, 0.25) is 0 Å². The number of benzene rings is 1. The van der Waals surface area contributed by atoms with Crippen LogP contribution in [0.5, 0.6) is 11.5 Å². The maximum Gasteiger partial charge on any atom is 0.168 e. The van der Waals surface area contributed by atoms with E-state index in [0.29, 0.717) is 35.3 Å². The second kappa shape index (κ2) is 7.38. The van der Waals surface area contributed by atoms with Crippen molar-refractivity contribution in [1.29, 1.82) is 5.26 Å². The van der Waals surface area contributed by atoms with Gasteiger partial charge < -0.3 is 9.47 Å². The van der Waals surface area contributed by atoms with E-state index in [4.69, 9.17) is 9.47 Å². The quantitative estimate of drug-likeness (QED) is 0.646. The molecule has 0 saturated carbocycles. The Kier molecular flexibility index (Phi) is 4.63. The van der Waals surface area contributed by atoms with Crippen LogP contribution >= 0.6 is 11.3 Å². The molecule has 3 aromatic rings. The molecule has 0 radical (unpaired) electrons. The topological polar surface area (TPSA) is 68.0 Å². The van der Waals surface area contributed by atoms with Gasteiger partial charge in [0.15, 0.2) is 11.5 Å². The van der Waals surface area contributed by atoms with Gasteiger partial charge in [0.25, 0.3) is 0 Å². The maximum absolute atomic E-state index is 9.64. The van der Waals surface area contributed by atoms with Crippen LogP contribution in [0.3, 0.4) is 0 Å². The number of allylic oxidation sites excluding steroid dienone is 1. The summed E-state index contributed by atoms with van der Waals surface area (Å²) in [5.41, 5.74) is 2.85. The number of pyridine rings is 1. The molecule has 2 aromatic heterocycles. The third-order valence-electron chi connectivity index (χ3n) is 3.88. The molecule has 0 spiro atoms. The number of nitrogens with zero attached hydrogens (tertiary/aromatic N) is 3. The highest BCUT2D eigenvalue weighted by molar-refractivity contribution is 7.11. The molecule has 26 heavy (non-hydrogen) atoms. The van der Waals surface area contributed by atoms with E-state index in [9.17, 15) is 5.26 Å². The second-order valence-corrected chi connectivity index (χ2v) is 6.51. The van der Waals surface area contributed by atoms with E-state index in [2.05, 4.69) is 16.0 Å². The van der Waals surface area contributed by atoms with Gasteiger partial charge in [-0.05, 0) is 24.3 Å². The first-order chi connectivity index (χ1) is 12.8. The molecule has 5 nitrogen and oxygen atoms in total. The fourth-order valence-corrected chi connectivity index (χ4v) is 3.44.